The fourth-order valence-corrected chi connectivity index (χ4v) is 4.36. The van der Waals surface area contributed by atoms with Gasteiger partial charge in [-0.05, 0) is 30.7 Å². The maximum atomic E-state index is 13.0. The largest absolute Gasteiger partial charge is 0.380 e. The molecule has 4 rings (SSSR count). The van der Waals surface area contributed by atoms with Crippen LogP contribution in [0.2, 0.25) is 0 Å². The molecule has 0 spiro atoms. The summed E-state index contributed by atoms with van der Waals surface area (Å²) in [6.45, 7) is 4.79. The molecule has 154 valence electrons. The van der Waals surface area contributed by atoms with Gasteiger partial charge in [0, 0.05) is 38.6 Å². The zero-order valence-corrected chi connectivity index (χ0v) is 16.8. The van der Waals surface area contributed by atoms with Crippen molar-refractivity contribution in [3.05, 3.63) is 53.3 Å². The van der Waals surface area contributed by atoms with Crippen LogP contribution in [0.25, 0.3) is 0 Å². The van der Waals surface area contributed by atoms with Crippen molar-refractivity contribution in [2.45, 2.75) is 38.1 Å². The summed E-state index contributed by atoms with van der Waals surface area (Å²) < 4.78 is 7.61. The zero-order valence-electron chi connectivity index (χ0n) is 16.8. The molecule has 2 atom stereocenters. The van der Waals surface area contributed by atoms with E-state index >= 15 is 0 Å². The number of rotatable bonds is 6. The molecule has 1 aromatic carbocycles. The molecular weight excluding hydrogens is 368 g/mol. The van der Waals surface area contributed by atoms with Crippen molar-refractivity contribution in [3.63, 3.8) is 0 Å². The Hall–Kier alpha value is -2.67. The van der Waals surface area contributed by atoms with E-state index in [9.17, 15) is 9.59 Å². The number of nitrogens with zero attached hydrogens (tertiary/aromatic N) is 2. The summed E-state index contributed by atoms with van der Waals surface area (Å²) in [6.07, 6.45) is 4.26. The van der Waals surface area contributed by atoms with Crippen molar-refractivity contribution in [1.29, 1.82) is 0 Å². The maximum absolute atomic E-state index is 13.0. The summed E-state index contributed by atoms with van der Waals surface area (Å²) in [6, 6.07) is 10.3. The molecule has 2 amide bonds. The van der Waals surface area contributed by atoms with Crippen molar-refractivity contribution in [1.82, 2.24) is 20.4 Å². The first kappa shape index (κ1) is 19.6. The van der Waals surface area contributed by atoms with E-state index in [1.807, 2.05) is 22.9 Å². The highest BCUT2D eigenvalue weighted by Gasteiger charge is 2.37. The van der Waals surface area contributed by atoms with Gasteiger partial charge < -0.3 is 15.4 Å². The summed E-state index contributed by atoms with van der Waals surface area (Å²) in [7, 11) is 0. The molecule has 0 aliphatic carbocycles. The number of nitrogens with one attached hydrogen (secondary N) is 2. The molecule has 2 N–H and O–H groups in total. The lowest BCUT2D eigenvalue weighted by molar-refractivity contribution is -0.119. The first-order chi connectivity index (χ1) is 14.1. The van der Waals surface area contributed by atoms with Gasteiger partial charge in [0.15, 0.2) is 0 Å². The first-order valence-corrected chi connectivity index (χ1v) is 10.3. The topological polar surface area (TPSA) is 85.2 Å². The Morgan fingerprint density at radius 2 is 2.10 bits per heavy atom. The van der Waals surface area contributed by atoms with Crippen LogP contribution in [0, 0.1) is 5.92 Å². The summed E-state index contributed by atoms with van der Waals surface area (Å²) >= 11 is 0. The molecule has 0 bridgehead atoms. The van der Waals surface area contributed by atoms with Gasteiger partial charge in [0.05, 0.1) is 24.1 Å². The minimum Gasteiger partial charge on any atom is -0.380 e. The molecule has 1 saturated heterocycles. The normalized spacial score (nSPS) is 23.4. The molecule has 2 aromatic rings. The highest BCUT2D eigenvalue weighted by molar-refractivity contribution is 5.95. The molecular formula is C22H28N4O3. The van der Waals surface area contributed by atoms with Gasteiger partial charge in [-0.25, -0.2) is 0 Å². The Labute approximate surface area is 170 Å². The van der Waals surface area contributed by atoms with Crippen LogP contribution in [0.5, 0.6) is 0 Å². The number of fused-ring (bicyclic) bond motifs is 1. The molecule has 2 unspecified atom stereocenters. The van der Waals surface area contributed by atoms with Gasteiger partial charge in [-0.3, -0.25) is 14.3 Å². The molecule has 0 radical (unpaired) electrons. The molecule has 2 aliphatic rings. The molecule has 7 heteroatoms. The van der Waals surface area contributed by atoms with Crippen LogP contribution in [-0.2, 0) is 27.9 Å². The monoisotopic (exact) mass is 396 g/mol. The number of carbonyl (C=O) groups is 2. The number of benzene rings is 1. The third-order valence-corrected chi connectivity index (χ3v) is 6.14. The number of aromatic nitrogens is 2. The van der Waals surface area contributed by atoms with E-state index < -0.39 is 0 Å². The van der Waals surface area contributed by atoms with Crippen LogP contribution in [0.1, 0.15) is 41.4 Å². The van der Waals surface area contributed by atoms with E-state index in [1.54, 1.807) is 6.20 Å². The van der Waals surface area contributed by atoms with Crippen molar-refractivity contribution in [2.24, 2.45) is 5.92 Å². The maximum Gasteiger partial charge on any atom is 0.254 e. The minimum atomic E-state index is -0.182. The second-order valence-corrected chi connectivity index (χ2v) is 8.16. The summed E-state index contributed by atoms with van der Waals surface area (Å²) in [5, 5.41) is 10.4. The number of carbonyl (C=O) groups excluding carboxylic acids is 2. The summed E-state index contributed by atoms with van der Waals surface area (Å²) in [4.78, 5) is 24.2. The number of aryl methyl sites for hydroxylation is 1. The molecule has 2 aliphatic heterocycles. The molecule has 3 heterocycles. The molecule has 0 saturated carbocycles. The predicted octanol–water partition coefficient (Wildman–Crippen LogP) is 1.67. The fraction of sp³-hybridized carbons (Fsp3) is 0.500. The minimum absolute atomic E-state index is 0.0213. The summed E-state index contributed by atoms with van der Waals surface area (Å²) in [5.74, 6) is 0.217. The van der Waals surface area contributed by atoms with E-state index in [0.29, 0.717) is 37.8 Å². The van der Waals surface area contributed by atoms with Crippen molar-refractivity contribution in [2.75, 3.05) is 26.3 Å². The van der Waals surface area contributed by atoms with Gasteiger partial charge in [-0.15, -0.1) is 0 Å². The Morgan fingerprint density at radius 1 is 1.28 bits per heavy atom. The van der Waals surface area contributed by atoms with Crippen LogP contribution in [-0.4, -0.2) is 47.9 Å². The molecule has 1 aromatic heterocycles. The van der Waals surface area contributed by atoms with Gasteiger partial charge in [0.25, 0.3) is 5.91 Å². The van der Waals surface area contributed by atoms with Gasteiger partial charge in [-0.1, -0.05) is 30.3 Å². The lowest BCUT2D eigenvalue weighted by atomic mass is 9.79. The van der Waals surface area contributed by atoms with Crippen molar-refractivity contribution in [3.8, 4) is 0 Å². The average molecular weight is 396 g/mol. The standard InChI is InChI=1S/C22H28N4O3/c1-16(27)23-12-17-7-9-26-20(11-17)19(13-25-26)21(28)24-14-22(8-10-29-15-22)18-5-3-2-4-6-18/h2-6,13,17H,7-12,14-15H2,1H3,(H,23,27)(H,24,28). The van der Waals surface area contributed by atoms with Gasteiger partial charge >= 0.3 is 0 Å². The Morgan fingerprint density at radius 3 is 2.83 bits per heavy atom. The highest BCUT2D eigenvalue weighted by Crippen LogP contribution is 2.32. The quantitative estimate of drug-likeness (QED) is 0.778. The second-order valence-electron chi connectivity index (χ2n) is 8.16. The van der Waals surface area contributed by atoms with E-state index in [4.69, 9.17) is 4.74 Å². The second kappa shape index (κ2) is 8.37. The first-order valence-electron chi connectivity index (χ1n) is 10.3. The summed E-state index contributed by atoms with van der Waals surface area (Å²) in [5.41, 5.74) is 2.61. The van der Waals surface area contributed by atoms with E-state index in [0.717, 1.165) is 31.5 Å². The highest BCUT2D eigenvalue weighted by atomic mass is 16.5. The Bertz CT molecular complexity index is 871. The smallest absolute Gasteiger partial charge is 0.254 e. The average Bonchev–Trinajstić information content (AvgIpc) is 3.39. The van der Waals surface area contributed by atoms with Crippen molar-refractivity contribution < 1.29 is 14.3 Å². The van der Waals surface area contributed by atoms with Crippen LogP contribution in [0.15, 0.2) is 36.5 Å². The number of hydrogen-bond acceptors (Lipinski definition) is 4. The SMILES string of the molecule is CC(=O)NCC1CCn2ncc(C(=O)NCC3(c4ccccc4)CCOC3)c2C1. The van der Waals surface area contributed by atoms with E-state index in [-0.39, 0.29) is 17.2 Å². The van der Waals surface area contributed by atoms with Crippen LogP contribution in [0.4, 0.5) is 0 Å². The van der Waals surface area contributed by atoms with E-state index in [2.05, 4.69) is 27.9 Å². The van der Waals surface area contributed by atoms with Gasteiger partial charge in [-0.2, -0.15) is 5.10 Å². The number of hydrogen-bond donors (Lipinski definition) is 2. The van der Waals surface area contributed by atoms with Crippen molar-refractivity contribution >= 4 is 11.8 Å². The Balaban J connectivity index is 1.45. The third kappa shape index (κ3) is 4.19. The third-order valence-electron chi connectivity index (χ3n) is 6.14. The van der Waals surface area contributed by atoms with Crippen LogP contribution >= 0.6 is 0 Å². The zero-order chi connectivity index (χ0) is 20.3. The predicted molar refractivity (Wildman–Crippen MR) is 109 cm³/mol. The number of ether oxygens (including phenoxy) is 1. The molecule has 1 fully saturated rings. The lowest BCUT2D eigenvalue weighted by Crippen LogP contribution is -2.41. The molecule has 29 heavy (non-hydrogen) atoms. The number of amides is 2. The van der Waals surface area contributed by atoms with Gasteiger partial charge in [0.2, 0.25) is 5.91 Å². The van der Waals surface area contributed by atoms with Crippen LogP contribution < -0.4 is 10.6 Å². The molecule has 7 nitrogen and oxygen atoms in total. The fourth-order valence-electron chi connectivity index (χ4n) is 4.36. The van der Waals surface area contributed by atoms with Crippen LogP contribution in [0.3, 0.4) is 0 Å². The van der Waals surface area contributed by atoms with E-state index in [1.165, 1.54) is 12.5 Å². The lowest BCUT2D eigenvalue weighted by Gasteiger charge is -2.28. The van der Waals surface area contributed by atoms with Gasteiger partial charge in [0.1, 0.15) is 0 Å². The Kier molecular flexibility index (Phi) is 5.67.